The Morgan fingerprint density at radius 1 is 1.04 bits per heavy atom. The van der Waals surface area contributed by atoms with Crippen molar-refractivity contribution < 1.29 is 20.1 Å². The molecule has 28 heavy (non-hydrogen) atoms. The molecule has 4 aliphatic carbocycles. The first-order valence-corrected chi connectivity index (χ1v) is 11.8. The van der Waals surface area contributed by atoms with Crippen LogP contribution in [0, 0.1) is 46.3 Å². The Labute approximate surface area is 170 Å². The van der Waals surface area contributed by atoms with Crippen LogP contribution in [-0.2, 0) is 4.79 Å². The molecular formula is C24H40O4. The van der Waals surface area contributed by atoms with Gasteiger partial charge in [-0.1, -0.05) is 20.8 Å². The molecule has 4 aliphatic rings. The predicted molar refractivity (Wildman–Crippen MR) is 109 cm³/mol. The highest BCUT2D eigenvalue weighted by molar-refractivity contribution is 5.66. The third-order valence-electron chi connectivity index (χ3n) is 10.3. The van der Waals surface area contributed by atoms with Gasteiger partial charge in [-0.25, -0.2) is 0 Å². The summed E-state index contributed by atoms with van der Waals surface area (Å²) in [5.74, 6) is 2.55. The van der Waals surface area contributed by atoms with Crippen molar-refractivity contribution in [2.24, 2.45) is 46.3 Å². The molecule has 4 saturated carbocycles. The van der Waals surface area contributed by atoms with Crippen LogP contribution in [0.1, 0.15) is 85.0 Å². The number of hydrogen-bond acceptors (Lipinski definition) is 3. The lowest BCUT2D eigenvalue weighted by Gasteiger charge is -2.62. The van der Waals surface area contributed by atoms with Crippen LogP contribution in [0.2, 0.25) is 0 Å². The second kappa shape index (κ2) is 7.27. The molecule has 0 saturated heterocycles. The van der Waals surface area contributed by atoms with Gasteiger partial charge in [0.05, 0.1) is 12.2 Å². The van der Waals surface area contributed by atoms with Gasteiger partial charge in [-0.2, -0.15) is 0 Å². The van der Waals surface area contributed by atoms with E-state index < -0.39 is 5.97 Å². The molecule has 0 spiro atoms. The highest BCUT2D eigenvalue weighted by Gasteiger charge is 2.63. The average molecular weight is 393 g/mol. The number of carboxylic acids is 1. The van der Waals surface area contributed by atoms with Gasteiger partial charge >= 0.3 is 5.97 Å². The van der Waals surface area contributed by atoms with Gasteiger partial charge in [-0.05, 0) is 104 Å². The topological polar surface area (TPSA) is 77.8 Å². The largest absolute Gasteiger partial charge is 0.481 e. The van der Waals surface area contributed by atoms with Crippen molar-refractivity contribution in [2.45, 2.75) is 97.2 Å². The summed E-state index contributed by atoms with van der Waals surface area (Å²) in [5, 5.41) is 30.8. The number of hydrogen-bond donors (Lipinski definition) is 3. The fourth-order valence-electron chi connectivity index (χ4n) is 8.71. The third-order valence-corrected chi connectivity index (χ3v) is 10.3. The summed E-state index contributed by atoms with van der Waals surface area (Å²) < 4.78 is 0. The molecule has 0 unspecified atom stereocenters. The van der Waals surface area contributed by atoms with E-state index >= 15 is 0 Å². The Balaban J connectivity index is 1.56. The average Bonchev–Trinajstić information content (AvgIpc) is 3.00. The van der Waals surface area contributed by atoms with Crippen LogP contribution in [0.15, 0.2) is 0 Å². The molecule has 0 aromatic carbocycles. The van der Waals surface area contributed by atoms with Crippen LogP contribution in [-0.4, -0.2) is 33.5 Å². The normalized spacial score (nSPS) is 51.7. The molecule has 10 atom stereocenters. The lowest BCUT2D eigenvalue weighted by molar-refractivity contribution is -0.175. The number of carboxylic acid groups (broad SMARTS) is 1. The molecule has 160 valence electrons. The summed E-state index contributed by atoms with van der Waals surface area (Å²) in [4.78, 5) is 11.1. The van der Waals surface area contributed by atoms with E-state index in [2.05, 4.69) is 20.8 Å². The van der Waals surface area contributed by atoms with Crippen molar-refractivity contribution in [1.82, 2.24) is 0 Å². The fraction of sp³-hybridized carbons (Fsp3) is 0.958. The summed E-state index contributed by atoms with van der Waals surface area (Å²) in [6.45, 7) is 6.99. The van der Waals surface area contributed by atoms with Gasteiger partial charge < -0.3 is 15.3 Å². The van der Waals surface area contributed by atoms with Crippen molar-refractivity contribution in [3.63, 3.8) is 0 Å². The van der Waals surface area contributed by atoms with E-state index in [9.17, 15) is 15.0 Å². The van der Waals surface area contributed by atoms with E-state index in [1.165, 1.54) is 19.3 Å². The second-order valence-corrected chi connectivity index (χ2v) is 11.3. The zero-order chi connectivity index (χ0) is 20.3. The summed E-state index contributed by atoms with van der Waals surface area (Å²) >= 11 is 0. The molecule has 0 radical (unpaired) electrons. The van der Waals surface area contributed by atoms with Gasteiger partial charge in [0.15, 0.2) is 0 Å². The highest BCUT2D eigenvalue weighted by Crippen LogP contribution is 2.68. The van der Waals surface area contributed by atoms with Crippen molar-refractivity contribution in [1.29, 1.82) is 0 Å². The van der Waals surface area contributed by atoms with Crippen LogP contribution in [0.25, 0.3) is 0 Å². The van der Waals surface area contributed by atoms with E-state index in [4.69, 9.17) is 5.11 Å². The zero-order valence-corrected chi connectivity index (χ0v) is 17.9. The minimum Gasteiger partial charge on any atom is -0.481 e. The first-order valence-electron chi connectivity index (χ1n) is 11.8. The molecule has 4 nitrogen and oxygen atoms in total. The number of rotatable bonds is 4. The standard InChI is InChI=1S/C24H40O4/c1-14(4-9-22(27)28)18-7-8-19-17-6-5-15-12-16(25)10-11-23(15,2)20(17)13-21(26)24(18,19)3/h14-21,25-26H,4-13H2,1-3H3,(H,27,28)/t14-,15+,16+,17+,18+,19-,20+,21-,23-,24+/m0/s1. The van der Waals surface area contributed by atoms with E-state index in [0.29, 0.717) is 35.5 Å². The number of fused-ring (bicyclic) bond motifs is 5. The first-order chi connectivity index (χ1) is 13.2. The molecule has 0 aromatic rings. The van der Waals surface area contributed by atoms with Crippen LogP contribution in [0.5, 0.6) is 0 Å². The molecule has 0 heterocycles. The Bertz CT molecular complexity index is 605. The Hall–Kier alpha value is -0.610. The van der Waals surface area contributed by atoms with Crippen molar-refractivity contribution >= 4 is 5.97 Å². The van der Waals surface area contributed by atoms with Crippen molar-refractivity contribution in [2.75, 3.05) is 0 Å². The summed E-state index contributed by atoms with van der Waals surface area (Å²) in [5.41, 5.74) is 0.216. The highest BCUT2D eigenvalue weighted by atomic mass is 16.4. The fourth-order valence-corrected chi connectivity index (χ4v) is 8.71. The lowest BCUT2D eigenvalue weighted by Crippen LogP contribution is -2.58. The van der Waals surface area contributed by atoms with Crippen LogP contribution in [0.4, 0.5) is 0 Å². The quantitative estimate of drug-likeness (QED) is 0.659. The molecule has 0 aliphatic heterocycles. The molecule has 0 aromatic heterocycles. The second-order valence-electron chi connectivity index (χ2n) is 11.3. The van der Waals surface area contributed by atoms with Gasteiger partial charge in [0.2, 0.25) is 0 Å². The molecule has 4 heteroatoms. The van der Waals surface area contributed by atoms with E-state index in [1.807, 2.05) is 0 Å². The van der Waals surface area contributed by atoms with Gasteiger partial charge in [0.25, 0.3) is 0 Å². The minimum atomic E-state index is -0.707. The molecule has 0 amide bonds. The minimum absolute atomic E-state index is 0.0591. The number of aliphatic carboxylic acids is 1. The van der Waals surface area contributed by atoms with Crippen LogP contribution >= 0.6 is 0 Å². The van der Waals surface area contributed by atoms with Gasteiger partial charge in [0, 0.05) is 6.42 Å². The summed E-state index contributed by atoms with van der Waals surface area (Å²) in [7, 11) is 0. The molecule has 0 bridgehead atoms. The summed E-state index contributed by atoms with van der Waals surface area (Å²) in [6, 6.07) is 0. The Morgan fingerprint density at radius 2 is 1.79 bits per heavy atom. The SMILES string of the molecule is C[C@@H](CCC(=O)O)[C@H]1CC[C@H]2[C@H]3CC[C@@H]4C[C@H](O)CC[C@]4(C)[C@@H]3C[C@H](O)[C@]12C. The summed E-state index contributed by atoms with van der Waals surface area (Å²) in [6.07, 6.45) is 9.26. The van der Waals surface area contributed by atoms with E-state index in [1.54, 1.807) is 0 Å². The first kappa shape index (κ1) is 20.7. The van der Waals surface area contributed by atoms with E-state index in [-0.39, 0.29) is 29.5 Å². The Kier molecular flexibility index (Phi) is 5.36. The third kappa shape index (κ3) is 3.05. The monoisotopic (exact) mass is 392 g/mol. The molecular weight excluding hydrogens is 352 g/mol. The Morgan fingerprint density at radius 3 is 2.50 bits per heavy atom. The maximum absolute atomic E-state index is 11.5. The van der Waals surface area contributed by atoms with Crippen molar-refractivity contribution in [3.05, 3.63) is 0 Å². The van der Waals surface area contributed by atoms with Crippen molar-refractivity contribution in [3.8, 4) is 0 Å². The van der Waals surface area contributed by atoms with E-state index in [0.717, 1.165) is 38.5 Å². The number of aliphatic hydroxyl groups excluding tert-OH is 2. The molecule has 3 N–H and O–H groups in total. The van der Waals surface area contributed by atoms with Crippen LogP contribution < -0.4 is 0 Å². The maximum atomic E-state index is 11.5. The van der Waals surface area contributed by atoms with Gasteiger partial charge in [-0.3, -0.25) is 4.79 Å². The lowest BCUT2D eigenvalue weighted by atomic mass is 9.43. The number of aliphatic hydroxyl groups is 2. The van der Waals surface area contributed by atoms with Crippen LogP contribution in [0.3, 0.4) is 0 Å². The molecule has 4 rings (SSSR count). The smallest absolute Gasteiger partial charge is 0.303 e. The predicted octanol–water partition coefficient (Wildman–Crippen LogP) is 4.48. The zero-order valence-electron chi connectivity index (χ0n) is 17.9. The maximum Gasteiger partial charge on any atom is 0.303 e. The number of carbonyl (C=O) groups is 1. The van der Waals surface area contributed by atoms with Gasteiger partial charge in [-0.15, -0.1) is 0 Å². The van der Waals surface area contributed by atoms with Gasteiger partial charge in [0.1, 0.15) is 0 Å². The molecule has 4 fully saturated rings.